The van der Waals surface area contributed by atoms with Gasteiger partial charge in [-0.15, -0.1) is 11.3 Å². The molecule has 3 rings (SSSR count). The molecular formula is C16H20N2O2S. The van der Waals surface area contributed by atoms with Crippen LogP contribution in [0.4, 0.5) is 0 Å². The molecule has 0 unspecified atom stereocenters. The quantitative estimate of drug-likeness (QED) is 0.840. The molecule has 1 saturated carbocycles. The van der Waals surface area contributed by atoms with Crippen molar-refractivity contribution in [3.8, 4) is 0 Å². The van der Waals surface area contributed by atoms with Crippen molar-refractivity contribution in [1.82, 2.24) is 9.88 Å². The van der Waals surface area contributed by atoms with Gasteiger partial charge in [0.1, 0.15) is 5.01 Å². The number of hydrogen-bond donors (Lipinski definition) is 0. The van der Waals surface area contributed by atoms with Crippen molar-refractivity contribution in [3.05, 3.63) is 40.7 Å². The summed E-state index contributed by atoms with van der Waals surface area (Å²) in [4.78, 5) is 18.8. The summed E-state index contributed by atoms with van der Waals surface area (Å²) in [6, 6.07) is 3.49. The van der Waals surface area contributed by atoms with Crippen molar-refractivity contribution in [2.24, 2.45) is 5.92 Å². The lowest BCUT2D eigenvalue weighted by atomic mass is 9.89. The number of thiazole rings is 1. The Morgan fingerprint density at radius 3 is 2.90 bits per heavy atom. The standard InChI is InChI=1S/C16H20N2O2S/c19-16(14-7-4-9-20-14)18(12-15-17-8-10-21-15)11-13-5-2-1-3-6-13/h4,7-10,13H,1-3,5-6,11-12H2. The second-order valence-corrected chi connectivity index (χ2v) is 6.57. The summed E-state index contributed by atoms with van der Waals surface area (Å²) in [6.45, 7) is 1.38. The summed E-state index contributed by atoms with van der Waals surface area (Å²) in [7, 11) is 0. The van der Waals surface area contributed by atoms with E-state index in [4.69, 9.17) is 4.42 Å². The topological polar surface area (TPSA) is 46.3 Å². The Kier molecular flexibility index (Phi) is 4.70. The van der Waals surface area contributed by atoms with Gasteiger partial charge in [-0.05, 0) is 30.9 Å². The number of furan rings is 1. The molecule has 0 atom stereocenters. The molecular weight excluding hydrogens is 284 g/mol. The van der Waals surface area contributed by atoms with E-state index in [0.29, 0.717) is 18.2 Å². The van der Waals surface area contributed by atoms with Crippen LogP contribution in [0.2, 0.25) is 0 Å². The lowest BCUT2D eigenvalue weighted by Gasteiger charge is -2.28. The van der Waals surface area contributed by atoms with Crippen LogP contribution >= 0.6 is 11.3 Å². The summed E-state index contributed by atoms with van der Waals surface area (Å²) in [5.41, 5.74) is 0. The molecule has 1 fully saturated rings. The smallest absolute Gasteiger partial charge is 0.289 e. The van der Waals surface area contributed by atoms with Crippen LogP contribution in [0.5, 0.6) is 0 Å². The number of amides is 1. The Morgan fingerprint density at radius 1 is 1.38 bits per heavy atom. The summed E-state index contributed by atoms with van der Waals surface area (Å²) >= 11 is 1.59. The molecule has 0 radical (unpaired) electrons. The monoisotopic (exact) mass is 304 g/mol. The van der Waals surface area contributed by atoms with Crippen molar-refractivity contribution in [3.63, 3.8) is 0 Å². The number of rotatable bonds is 5. The van der Waals surface area contributed by atoms with Gasteiger partial charge in [-0.2, -0.15) is 0 Å². The van der Waals surface area contributed by atoms with Gasteiger partial charge < -0.3 is 9.32 Å². The number of aromatic nitrogens is 1. The maximum Gasteiger partial charge on any atom is 0.289 e. The molecule has 0 bridgehead atoms. The van der Waals surface area contributed by atoms with E-state index in [9.17, 15) is 4.79 Å². The van der Waals surface area contributed by atoms with Gasteiger partial charge in [0.25, 0.3) is 5.91 Å². The lowest BCUT2D eigenvalue weighted by molar-refractivity contribution is 0.0666. The van der Waals surface area contributed by atoms with Crippen LogP contribution in [-0.2, 0) is 6.54 Å². The fourth-order valence-corrected chi connectivity index (χ4v) is 3.58. The third kappa shape index (κ3) is 3.73. The van der Waals surface area contributed by atoms with Crippen LogP contribution < -0.4 is 0 Å². The molecule has 2 aromatic heterocycles. The predicted octanol–water partition coefficient (Wildman–Crippen LogP) is 3.96. The third-order valence-electron chi connectivity index (χ3n) is 4.03. The number of hydrogen-bond acceptors (Lipinski definition) is 4. The van der Waals surface area contributed by atoms with Crippen molar-refractivity contribution in [1.29, 1.82) is 0 Å². The summed E-state index contributed by atoms with van der Waals surface area (Å²) in [5, 5.41) is 2.93. The fourth-order valence-electron chi connectivity index (χ4n) is 2.95. The Morgan fingerprint density at radius 2 is 2.24 bits per heavy atom. The molecule has 0 spiro atoms. The molecule has 0 aliphatic heterocycles. The molecule has 0 saturated heterocycles. The molecule has 2 heterocycles. The zero-order valence-corrected chi connectivity index (χ0v) is 12.8. The number of carbonyl (C=O) groups excluding carboxylic acids is 1. The largest absolute Gasteiger partial charge is 0.459 e. The number of nitrogens with zero attached hydrogens (tertiary/aromatic N) is 2. The van der Waals surface area contributed by atoms with Crippen molar-refractivity contribution >= 4 is 17.2 Å². The molecule has 0 aromatic carbocycles. The molecule has 5 heteroatoms. The zero-order valence-electron chi connectivity index (χ0n) is 12.0. The van der Waals surface area contributed by atoms with E-state index in [1.165, 1.54) is 32.1 Å². The van der Waals surface area contributed by atoms with Crippen LogP contribution in [0.25, 0.3) is 0 Å². The predicted molar refractivity (Wildman–Crippen MR) is 82.1 cm³/mol. The molecule has 4 nitrogen and oxygen atoms in total. The molecule has 0 N–H and O–H groups in total. The second-order valence-electron chi connectivity index (χ2n) is 5.59. The molecule has 1 aliphatic carbocycles. The summed E-state index contributed by atoms with van der Waals surface area (Å²) in [5.74, 6) is 1.00. The molecule has 2 aromatic rings. The van der Waals surface area contributed by atoms with E-state index in [1.807, 2.05) is 10.3 Å². The van der Waals surface area contributed by atoms with Crippen LogP contribution in [-0.4, -0.2) is 22.3 Å². The Bertz CT molecular complexity index is 545. The van der Waals surface area contributed by atoms with E-state index in [1.54, 1.807) is 35.9 Å². The van der Waals surface area contributed by atoms with Gasteiger partial charge in [0, 0.05) is 18.1 Å². The van der Waals surface area contributed by atoms with Gasteiger partial charge in [0.2, 0.25) is 0 Å². The minimum Gasteiger partial charge on any atom is -0.459 e. The van der Waals surface area contributed by atoms with Crippen molar-refractivity contribution < 1.29 is 9.21 Å². The van der Waals surface area contributed by atoms with Gasteiger partial charge in [-0.3, -0.25) is 4.79 Å². The summed E-state index contributed by atoms with van der Waals surface area (Å²) in [6.07, 6.45) is 9.68. The first-order chi connectivity index (χ1) is 10.3. The first kappa shape index (κ1) is 14.3. The highest BCUT2D eigenvalue weighted by Gasteiger charge is 2.24. The first-order valence-corrected chi connectivity index (χ1v) is 8.42. The SMILES string of the molecule is O=C(c1ccco1)N(Cc1nccs1)CC1CCCCC1. The van der Waals surface area contributed by atoms with Gasteiger partial charge in [-0.1, -0.05) is 19.3 Å². The zero-order chi connectivity index (χ0) is 14.5. The van der Waals surface area contributed by atoms with Gasteiger partial charge in [-0.25, -0.2) is 4.98 Å². The molecule has 1 amide bonds. The second kappa shape index (κ2) is 6.89. The normalized spacial score (nSPS) is 16.0. The Balaban J connectivity index is 1.71. The third-order valence-corrected chi connectivity index (χ3v) is 4.80. The molecule has 1 aliphatic rings. The molecule has 112 valence electrons. The van der Waals surface area contributed by atoms with Gasteiger partial charge in [0.05, 0.1) is 12.8 Å². The van der Waals surface area contributed by atoms with E-state index in [-0.39, 0.29) is 5.91 Å². The van der Waals surface area contributed by atoms with E-state index in [0.717, 1.165) is 11.6 Å². The van der Waals surface area contributed by atoms with Crippen LogP contribution in [0.15, 0.2) is 34.4 Å². The highest BCUT2D eigenvalue weighted by Crippen LogP contribution is 2.26. The lowest BCUT2D eigenvalue weighted by Crippen LogP contribution is -2.35. The van der Waals surface area contributed by atoms with Gasteiger partial charge >= 0.3 is 0 Å². The fraction of sp³-hybridized carbons (Fsp3) is 0.500. The van der Waals surface area contributed by atoms with Crippen LogP contribution in [0.1, 0.15) is 47.7 Å². The average Bonchev–Trinajstić information content (AvgIpc) is 3.20. The highest BCUT2D eigenvalue weighted by molar-refractivity contribution is 7.09. The highest BCUT2D eigenvalue weighted by atomic mass is 32.1. The van der Waals surface area contributed by atoms with Crippen molar-refractivity contribution in [2.45, 2.75) is 38.6 Å². The Hall–Kier alpha value is -1.62. The number of carbonyl (C=O) groups is 1. The van der Waals surface area contributed by atoms with E-state index < -0.39 is 0 Å². The average molecular weight is 304 g/mol. The maximum atomic E-state index is 12.6. The Labute approximate surface area is 128 Å². The minimum atomic E-state index is -0.0271. The minimum absolute atomic E-state index is 0.0271. The molecule has 21 heavy (non-hydrogen) atoms. The maximum absolute atomic E-state index is 12.6. The van der Waals surface area contributed by atoms with Crippen molar-refractivity contribution in [2.75, 3.05) is 6.54 Å². The summed E-state index contributed by atoms with van der Waals surface area (Å²) < 4.78 is 5.28. The van der Waals surface area contributed by atoms with Crippen LogP contribution in [0.3, 0.4) is 0 Å². The van der Waals surface area contributed by atoms with E-state index in [2.05, 4.69) is 4.98 Å². The van der Waals surface area contributed by atoms with Crippen LogP contribution in [0, 0.1) is 5.92 Å². The first-order valence-electron chi connectivity index (χ1n) is 7.54. The van der Waals surface area contributed by atoms with Gasteiger partial charge in [0.15, 0.2) is 5.76 Å². The van der Waals surface area contributed by atoms with E-state index >= 15 is 0 Å².